The largest absolute Gasteiger partial charge is 0.515 e. The molecule has 0 unspecified atom stereocenters. The normalized spacial score (nSPS) is 14.4. The number of hydrogen-bond donors (Lipinski definition) is 0. The van der Waals surface area contributed by atoms with Crippen molar-refractivity contribution in [2.24, 2.45) is 0 Å². The zero-order valence-corrected chi connectivity index (χ0v) is 43.1. The predicted molar refractivity (Wildman–Crippen MR) is 215 cm³/mol. The fourth-order valence-electron chi connectivity index (χ4n) is 7.18. The van der Waals surface area contributed by atoms with E-state index in [4.69, 9.17) is 79.7 Å². The van der Waals surface area contributed by atoms with Crippen molar-refractivity contribution in [1.29, 1.82) is 0 Å². The van der Waals surface area contributed by atoms with Crippen LogP contribution in [0.25, 0.3) is 0 Å². The molecular formula is C24H62O18S4Si6. The predicted octanol–water partition coefficient (Wildman–Crippen LogP) is 3.35. The minimum absolute atomic E-state index is 0.293. The van der Waals surface area contributed by atoms with Crippen molar-refractivity contribution in [3.8, 4) is 0 Å². The molecule has 0 bridgehead atoms. The summed E-state index contributed by atoms with van der Waals surface area (Å²) in [6.07, 6.45) is 0.586. The highest BCUT2D eigenvalue weighted by Crippen LogP contribution is 2.61. The molecule has 0 aromatic heterocycles. The van der Waals surface area contributed by atoms with Crippen molar-refractivity contribution in [3.63, 3.8) is 0 Å². The fraction of sp³-hybridized carbons (Fsp3) is 1.00. The van der Waals surface area contributed by atoms with Gasteiger partial charge in [0.1, 0.15) is 0 Å². The summed E-state index contributed by atoms with van der Waals surface area (Å²) in [5.41, 5.74) is 0. The second-order valence-corrected chi connectivity index (χ2v) is 38.5. The van der Waals surface area contributed by atoms with Crippen molar-refractivity contribution in [3.05, 3.63) is 0 Å². The Bertz CT molecular complexity index is 743. The minimum atomic E-state index is -3.84. The molecule has 0 heterocycles. The smallest absolute Gasteiger partial charge is 0.377 e. The van der Waals surface area contributed by atoms with Gasteiger partial charge in [0.05, 0.1) is 0 Å². The molecule has 0 N–H and O–H groups in total. The third-order valence-electron chi connectivity index (χ3n) is 9.22. The fourth-order valence-corrected chi connectivity index (χ4v) is 46.3. The summed E-state index contributed by atoms with van der Waals surface area (Å²) in [5, 5.41) is 0. The highest BCUT2D eigenvalue weighted by Gasteiger charge is 2.89. The number of hydrogen-bond acceptors (Lipinski definition) is 22. The van der Waals surface area contributed by atoms with E-state index in [-0.39, 0.29) is 0 Å². The molecule has 0 radical (unpaired) electrons. The van der Waals surface area contributed by atoms with Crippen LogP contribution in [-0.2, 0) is 79.7 Å². The summed E-state index contributed by atoms with van der Waals surface area (Å²) >= 11 is 0. The molecular weight excluding hydrogens is 873 g/mol. The first-order valence-electron chi connectivity index (χ1n) is 15.3. The molecule has 0 saturated carbocycles. The molecule has 0 spiro atoms. The highest BCUT2D eigenvalue weighted by molar-refractivity contribution is 9.26. The van der Waals surface area contributed by atoms with Gasteiger partial charge in [0, 0.05) is 139 Å². The molecule has 18 nitrogen and oxygen atoms in total. The van der Waals surface area contributed by atoms with Gasteiger partial charge in [0.2, 0.25) is 0 Å². The Balaban J connectivity index is 6.76. The van der Waals surface area contributed by atoms with Crippen LogP contribution in [-0.4, -0.2) is 192 Å². The first-order chi connectivity index (χ1) is 24.8. The molecule has 0 aromatic rings. The van der Waals surface area contributed by atoms with Crippen LogP contribution in [0, 0.1) is 0 Å². The van der Waals surface area contributed by atoms with Crippen LogP contribution in [0.5, 0.6) is 0 Å². The van der Waals surface area contributed by atoms with E-state index < -0.39 is 61.4 Å². The summed E-state index contributed by atoms with van der Waals surface area (Å²) in [6.45, 7) is 0. The third kappa shape index (κ3) is 8.93. The first-order valence-corrected chi connectivity index (χ1v) is 30.8. The Morgan fingerprint density at radius 2 is 0.404 bits per heavy atom. The average molecular weight is 936 g/mol. The molecule has 0 fully saturated rings. The minimum Gasteiger partial charge on any atom is -0.377 e. The van der Waals surface area contributed by atoms with Crippen molar-refractivity contribution < 1.29 is 79.7 Å². The molecule has 0 atom stereocenters. The lowest BCUT2D eigenvalue weighted by Crippen LogP contribution is -2.80. The standard InChI is InChI=1S/C24H62O18S4Si6/c1-25-47(26-2,27-3)23(48(28-4,29-5)30-6,49(31-7,32-8)33-9)19-21-43-45-46-44-22-20-24(50(34-10,35-11)36-12,51(37-13,38-14)39-15)52(40-16,41-17)42-18/h19-22H2,1-18H3. The summed E-state index contributed by atoms with van der Waals surface area (Å²) in [4.78, 5) is 0. The lowest BCUT2D eigenvalue weighted by molar-refractivity contribution is 0.0296. The molecule has 0 aliphatic rings. The van der Waals surface area contributed by atoms with Crippen LogP contribution in [0.2, 0.25) is 8.57 Å². The number of rotatable bonds is 33. The Morgan fingerprint density at radius 1 is 0.269 bits per heavy atom. The summed E-state index contributed by atoms with van der Waals surface area (Å²) < 4.78 is 107. The first kappa shape index (κ1) is 54.0. The maximum Gasteiger partial charge on any atom is 0.515 e. The van der Waals surface area contributed by atoms with Gasteiger partial charge < -0.3 is 79.7 Å². The van der Waals surface area contributed by atoms with E-state index >= 15 is 0 Å². The van der Waals surface area contributed by atoms with Crippen molar-refractivity contribution >= 4 is 94.1 Å². The summed E-state index contributed by atoms with van der Waals surface area (Å²) in [7, 11) is 10.2. The summed E-state index contributed by atoms with van der Waals surface area (Å²) in [5.74, 6) is 0.992. The van der Waals surface area contributed by atoms with Gasteiger partial charge in [-0.15, -0.1) is 0 Å². The molecule has 0 aliphatic heterocycles. The van der Waals surface area contributed by atoms with Crippen LogP contribution >= 0.6 is 41.2 Å². The molecule has 0 aromatic carbocycles. The van der Waals surface area contributed by atoms with Gasteiger partial charge in [-0.25, -0.2) is 0 Å². The van der Waals surface area contributed by atoms with Gasteiger partial charge >= 0.3 is 52.8 Å². The topological polar surface area (TPSA) is 166 Å². The quantitative estimate of drug-likeness (QED) is 0.0534. The van der Waals surface area contributed by atoms with E-state index in [0.717, 1.165) is 0 Å². The van der Waals surface area contributed by atoms with E-state index in [2.05, 4.69) is 0 Å². The van der Waals surface area contributed by atoms with Crippen molar-refractivity contribution in [1.82, 2.24) is 0 Å². The van der Waals surface area contributed by atoms with Gasteiger partial charge in [-0.1, -0.05) is 21.6 Å². The van der Waals surface area contributed by atoms with E-state index in [1.165, 1.54) is 128 Å². The molecule has 0 amide bonds. The van der Waals surface area contributed by atoms with Gasteiger partial charge in [0.15, 0.2) is 8.57 Å². The van der Waals surface area contributed by atoms with E-state index in [1.54, 1.807) is 41.2 Å². The monoisotopic (exact) mass is 934 g/mol. The average Bonchev–Trinajstić information content (AvgIpc) is 3.20. The van der Waals surface area contributed by atoms with Crippen LogP contribution in [0.15, 0.2) is 0 Å². The van der Waals surface area contributed by atoms with Crippen molar-refractivity contribution in [2.75, 3.05) is 139 Å². The molecule has 52 heavy (non-hydrogen) atoms. The molecule has 0 aliphatic carbocycles. The third-order valence-corrected chi connectivity index (χ3v) is 44.2. The SMILES string of the molecule is CO[Si](OC)(OC)C(CCSSSSCCC([Si](OC)(OC)OC)([Si](OC)(OC)OC)[Si](OC)(OC)OC)([Si](OC)(OC)OC)[Si](OC)(OC)OC. The zero-order chi connectivity index (χ0) is 40.4. The van der Waals surface area contributed by atoms with Crippen LogP contribution < -0.4 is 0 Å². The Hall–Kier alpha value is 1.98. The van der Waals surface area contributed by atoms with Gasteiger partial charge in [0.25, 0.3) is 0 Å². The lowest BCUT2D eigenvalue weighted by Gasteiger charge is -2.53. The van der Waals surface area contributed by atoms with Gasteiger partial charge in [-0.3, -0.25) is 0 Å². The Morgan fingerprint density at radius 3 is 0.519 bits per heavy atom. The molecule has 0 rings (SSSR count). The second-order valence-electron chi connectivity index (χ2n) is 10.1. The van der Waals surface area contributed by atoms with Gasteiger partial charge in [-0.2, -0.15) is 0 Å². The van der Waals surface area contributed by atoms with Crippen LogP contribution in [0.3, 0.4) is 0 Å². The zero-order valence-electron chi connectivity index (χ0n) is 33.8. The molecule has 314 valence electrons. The highest BCUT2D eigenvalue weighted by atomic mass is 33.7. The van der Waals surface area contributed by atoms with Crippen molar-refractivity contribution in [2.45, 2.75) is 21.4 Å². The van der Waals surface area contributed by atoms with Crippen LogP contribution in [0.4, 0.5) is 0 Å². The van der Waals surface area contributed by atoms with Crippen LogP contribution in [0.1, 0.15) is 12.8 Å². The van der Waals surface area contributed by atoms with E-state index in [0.29, 0.717) is 24.3 Å². The summed E-state index contributed by atoms with van der Waals surface area (Å²) in [6, 6.07) is 0. The lowest BCUT2D eigenvalue weighted by atomic mass is 10.5. The van der Waals surface area contributed by atoms with E-state index in [9.17, 15) is 0 Å². The Labute approximate surface area is 332 Å². The Kier molecular flexibility index (Phi) is 25.7. The maximum absolute atomic E-state index is 6.11. The second kappa shape index (κ2) is 24.8. The molecule has 0 saturated heterocycles. The van der Waals surface area contributed by atoms with Gasteiger partial charge in [-0.05, 0) is 32.5 Å². The molecule has 28 heteroatoms. The maximum atomic E-state index is 6.11. The van der Waals surface area contributed by atoms with E-state index in [1.807, 2.05) is 0 Å².